The molecule has 0 aromatic carbocycles. The standard InChI is InChI=1S/C10H10N2O/c1-7-4-3-5-11-10(7)9-6-12-8(2)13-9/h3-6H,1-2H3. The first kappa shape index (κ1) is 7.98. The fraction of sp³-hybridized carbons (Fsp3) is 0.200. The molecule has 0 radical (unpaired) electrons. The second kappa shape index (κ2) is 3.01. The first-order chi connectivity index (χ1) is 6.27. The van der Waals surface area contributed by atoms with Gasteiger partial charge in [0.05, 0.1) is 6.20 Å². The van der Waals surface area contributed by atoms with Gasteiger partial charge in [-0.2, -0.15) is 0 Å². The smallest absolute Gasteiger partial charge is 0.191 e. The van der Waals surface area contributed by atoms with Crippen LogP contribution in [0.25, 0.3) is 11.5 Å². The molecule has 2 rings (SSSR count). The monoisotopic (exact) mass is 174 g/mol. The predicted molar refractivity (Wildman–Crippen MR) is 49.2 cm³/mol. The zero-order valence-corrected chi connectivity index (χ0v) is 7.61. The number of hydrogen-bond donors (Lipinski definition) is 0. The Balaban J connectivity index is 2.52. The van der Waals surface area contributed by atoms with Crippen LogP contribution < -0.4 is 0 Å². The van der Waals surface area contributed by atoms with Crippen LogP contribution in [0.5, 0.6) is 0 Å². The van der Waals surface area contributed by atoms with Crippen molar-refractivity contribution in [1.82, 2.24) is 9.97 Å². The van der Waals surface area contributed by atoms with Crippen molar-refractivity contribution >= 4 is 0 Å². The first-order valence-corrected chi connectivity index (χ1v) is 4.12. The molecule has 0 N–H and O–H groups in total. The molecule has 3 nitrogen and oxygen atoms in total. The van der Waals surface area contributed by atoms with Crippen molar-refractivity contribution in [3.8, 4) is 11.5 Å². The summed E-state index contributed by atoms with van der Waals surface area (Å²) in [6.45, 7) is 3.82. The molecule has 0 fully saturated rings. The topological polar surface area (TPSA) is 38.9 Å². The summed E-state index contributed by atoms with van der Waals surface area (Å²) in [6, 6.07) is 3.91. The molecule has 0 atom stereocenters. The van der Waals surface area contributed by atoms with E-state index in [-0.39, 0.29) is 0 Å². The van der Waals surface area contributed by atoms with Gasteiger partial charge in [0.1, 0.15) is 5.69 Å². The number of pyridine rings is 1. The maximum Gasteiger partial charge on any atom is 0.191 e. The van der Waals surface area contributed by atoms with Gasteiger partial charge >= 0.3 is 0 Å². The number of aromatic nitrogens is 2. The van der Waals surface area contributed by atoms with Crippen molar-refractivity contribution in [1.29, 1.82) is 0 Å². The molecule has 2 aromatic rings. The molecule has 0 aliphatic rings. The average molecular weight is 174 g/mol. The van der Waals surface area contributed by atoms with Crippen LogP contribution >= 0.6 is 0 Å². The van der Waals surface area contributed by atoms with E-state index in [9.17, 15) is 0 Å². The lowest BCUT2D eigenvalue weighted by molar-refractivity contribution is 0.532. The minimum atomic E-state index is 0.667. The second-order valence-corrected chi connectivity index (χ2v) is 2.91. The number of rotatable bonds is 1. The highest BCUT2D eigenvalue weighted by Gasteiger charge is 2.06. The van der Waals surface area contributed by atoms with Crippen LogP contribution in [0.1, 0.15) is 11.5 Å². The highest BCUT2D eigenvalue weighted by molar-refractivity contribution is 5.55. The summed E-state index contributed by atoms with van der Waals surface area (Å²) in [5.74, 6) is 1.40. The first-order valence-electron chi connectivity index (χ1n) is 4.12. The molecule has 3 heteroatoms. The molecule has 0 saturated carbocycles. The Morgan fingerprint density at radius 2 is 2.08 bits per heavy atom. The third-order valence-corrected chi connectivity index (χ3v) is 1.86. The number of hydrogen-bond acceptors (Lipinski definition) is 3. The lowest BCUT2D eigenvalue weighted by Gasteiger charge is -1.98. The van der Waals surface area contributed by atoms with E-state index in [1.165, 1.54) is 0 Å². The SMILES string of the molecule is Cc1ncc(-c2ncccc2C)o1. The van der Waals surface area contributed by atoms with Gasteiger partial charge in [0.25, 0.3) is 0 Å². The van der Waals surface area contributed by atoms with Crippen LogP contribution in [0.4, 0.5) is 0 Å². The Kier molecular flexibility index (Phi) is 1.85. The summed E-state index contributed by atoms with van der Waals surface area (Å²) < 4.78 is 5.38. The molecule has 0 spiro atoms. The average Bonchev–Trinajstić information content (AvgIpc) is 2.53. The maximum atomic E-state index is 5.38. The van der Waals surface area contributed by atoms with Crippen molar-refractivity contribution in [2.45, 2.75) is 13.8 Å². The fourth-order valence-electron chi connectivity index (χ4n) is 1.21. The molecule has 2 aromatic heterocycles. The van der Waals surface area contributed by atoms with E-state index in [0.29, 0.717) is 5.89 Å². The van der Waals surface area contributed by atoms with E-state index in [1.54, 1.807) is 12.4 Å². The zero-order valence-electron chi connectivity index (χ0n) is 7.61. The molecule has 2 heterocycles. The fourth-order valence-corrected chi connectivity index (χ4v) is 1.21. The summed E-state index contributed by atoms with van der Waals surface area (Å²) in [7, 11) is 0. The second-order valence-electron chi connectivity index (χ2n) is 2.91. The van der Waals surface area contributed by atoms with Crippen LogP contribution in [0.3, 0.4) is 0 Å². The molecule has 0 aliphatic carbocycles. The quantitative estimate of drug-likeness (QED) is 0.666. The van der Waals surface area contributed by atoms with E-state index in [0.717, 1.165) is 17.0 Å². The summed E-state index contributed by atoms with van der Waals surface area (Å²) in [5, 5.41) is 0. The van der Waals surface area contributed by atoms with Gasteiger partial charge in [0.2, 0.25) is 0 Å². The van der Waals surface area contributed by atoms with Gasteiger partial charge in [-0.1, -0.05) is 6.07 Å². The largest absolute Gasteiger partial charge is 0.439 e. The van der Waals surface area contributed by atoms with E-state index >= 15 is 0 Å². The third kappa shape index (κ3) is 1.45. The molecule has 0 saturated heterocycles. The maximum absolute atomic E-state index is 5.38. The zero-order chi connectivity index (χ0) is 9.26. The Bertz CT molecular complexity index is 420. The minimum Gasteiger partial charge on any atom is -0.439 e. The van der Waals surface area contributed by atoms with Crippen LogP contribution in [0.2, 0.25) is 0 Å². The lowest BCUT2D eigenvalue weighted by Crippen LogP contribution is -1.84. The van der Waals surface area contributed by atoms with Crippen molar-refractivity contribution in [3.63, 3.8) is 0 Å². The van der Waals surface area contributed by atoms with Gasteiger partial charge in [-0.05, 0) is 18.6 Å². The number of aryl methyl sites for hydroxylation is 2. The highest BCUT2D eigenvalue weighted by Crippen LogP contribution is 2.20. The third-order valence-electron chi connectivity index (χ3n) is 1.86. The Morgan fingerprint density at radius 3 is 2.69 bits per heavy atom. The predicted octanol–water partition coefficient (Wildman–Crippen LogP) is 2.35. The summed E-state index contributed by atoms with van der Waals surface area (Å²) in [6.07, 6.45) is 3.45. The normalized spacial score (nSPS) is 10.3. The Morgan fingerprint density at radius 1 is 1.23 bits per heavy atom. The van der Waals surface area contributed by atoms with Crippen LogP contribution in [-0.2, 0) is 0 Å². The summed E-state index contributed by atoms with van der Waals surface area (Å²) >= 11 is 0. The molecule has 0 bridgehead atoms. The summed E-state index contributed by atoms with van der Waals surface area (Å²) in [5.41, 5.74) is 1.96. The van der Waals surface area contributed by atoms with E-state index in [4.69, 9.17) is 4.42 Å². The molecular formula is C10H10N2O. The number of nitrogens with zero attached hydrogens (tertiary/aromatic N) is 2. The number of oxazole rings is 1. The molecule has 13 heavy (non-hydrogen) atoms. The lowest BCUT2D eigenvalue weighted by atomic mass is 10.2. The van der Waals surface area contributed by atoms with E-state index in [1.807, 2.05) is 26.0 Å². The van der Waals surface area contributed by atoms with Gasteiger partial charge in [-0.3, -0.25) is 4.98 Å². The van der Waals surface area contributed by atoms with Crippen LogP contribution in [0.15, 0.2) is 28.9 Å². The van der Waals surface area contributed by atoms with Crippen LogP contribution in [0, 0.1) is 13.8 Å². The minimum absolute atomic E-state index is 0.667. The molecule has 0 amide bonds. The molecule has 66 valence electrons. The molecule has 0 unspecified atom stereocenters. The van der Waals surface area contributed by atoms with E-state index < -0.39 is 0 Å². The van der Waals surface area contributed by atoms with Gasteiger partial charge in [0.15, 0.2) is 11.7 Å². The van der Waals surface area contributed by atoms with Gasteiger partial charge in [0, 0.05) is 13.1 Å². The van der Waals surface area contributed by atoms with Crippen molar-refractivity contribution in [2.24, 2.45) is 0 Å². The molecular weight excluding hydrogens is 164 g/mol. The van der Waals surface area contributed by atoms with Crippen molar-refractivity contribution < 1.29 is 4.42 Å². The molecule has 0 aliphatic heterocycles. The van der Waals surface area contributed by atoms with Crippen molar-refractivity contribution in [2.75, 3.05) is 0 Å². The Hall–Kier alpha value is -1.64. The van der Waals surface area contributed by atoms with Crippen LogP contribution in [-0.4, -0.2) is 9.97 Å². The van der Waals surface area contributed by atoms with Crippen molar-refractivity contribution in [3.05, 3.63) is 36.0 Å². The Labute approximate surface area is 76.5 Å². The van der Waals surface area contributed by atoms with Gasteiger partial charge in [-0.25, -0.2) is 4.98 Å². The summed E-state index contributed by atoms with van der Waals surface area (Å²) in [4.78, 5) is 8.26. The highest BCUT2D eigenvalue weighted by atomic mass is 16.4. The van der Waals surface area contributed by atoms with Gasteiger partial charge < -0.3 is 4.42 Å². The van der Waals surface area contributed by atoms with E-state index in [2.05, 4.69) is 9.97 Å². The van der Waals surface area contributed by atoms with Gasteiger partial charge in [-0.15, -0.1) is 0 Å².